The van der Waals surface area contributed by atoms with E-state index in [9.17, 15) is 19.8 Å². The Hall–Kier alpha value is -4.45. The summed E-state index contributed by atoms with van der Waals surface area (Å²) in [5, 5.41) is 31.7. The average molecular weight is 551 g/mol. The van der Waals surface area contributed by atoms with Gasteiger partial charge in [-0.2, -0.15) is 0 Å². The number of nitrogens with zero attached hydrogens (tertiary/aromatic N) is 2. The largest absolute Gasteiger partial charge is 0.508 e. The van der Waals surface area contributed by atoms with Gasteiger partial charge in [0.05, 0.1) is 54.7 Å². The van der Waals surface area contributed by atoms with Crippen molar-refractivity contribution < 1.29 is 29.3 Å². The Labute approximate surface area is 231 Å². The Balaban J connectivity index is 1.09. The number of hydrogen-bond acceptors (Lipinski definition) is 8. The van der Waals surface area contributed by atoms with E-state index in [0.717, 1.165) is 30.6 Å². The lowest BCUT2D eigenvalue weighted by molar-refractivity contribution is -0.121. The lowest BCUT2D eigenvalue weighted by Crippen LogP contribution is -2.37. The van der Waals surface area contributed by atoms with E-state index < -0.39 is 0 Å². The van der Waals surface area contributed by atoms with Gasteiger partial charge in [-0.15, -0.1) is 0 Å². The summed E-state index contributed by atoms with van der Waals surface area (Å²) in [5.41, 5.74) is 2.85. The Morgan fingerprint density at radius 2 is 2.00 bits per heavy atom. The Morgan fingerprint density at radius 3 is 2.85 bits per heavy atom. The van der Waals surface area contributed by atoms with Crippen molar-refractivity contribution in [1.82, 2.24) is 25.5 Å². The van der Waals surface area contributed by atoms with Gasteiger partial charge in [-0.3, -0.25) is 4.79 Å². The highest BCUT2D eigenvalue weighted by Crippen LogP contribution is 2.33. The van der Waals surface area contributed by atoms with Crippen molar-refractivity contribution in [3.63, 3.8) is 0 Å². The molecule has 0 aliphatic carbocycles. The summed E-state index contributed by atoms with van der Waals surface area (Å²) in [6, 6.07) is 9.72. The molecule has 40 heavy (non-hydrogen) atoms. The van der Waals surface area contributed by atoms with Crippen LogP contribution in [0.25, 0.3) is 16.9 Å². The summed E-state index contributed by atoms with van der Waals surface area (Å²) in [4.78, 5) is 28.3. The molecule has 3 amide bonds. The number of benzene rings is 2. The molecule has 2 aromatic carbocycles. The minimum absolute atomic E-state index is 0.00658. The van der Waals surface area contributed by atoms with Gasteiger partial charge in [0.1, 0.15) is 23.9 Å². The highest BCUT2D eigenvalue weighted by Gasteiger charge is 2.43. The van der Waals surface area contributed by atoms with Crippen LogP contribution in [0.3, 0.4) is 0 Å². The highest BCUT2D eigenvalue weighted by molar-refractivity contribution is 5.78. The van der Waals surface area contributed by atoms with Crippen LogP contribution in [-0.4, -0.2) is 76.7 Å². The van der Waals surface area contributed by atoms with Gasteiger partial charge in [0.25, 0.3) is 0 Å². The minimum Gasteiger partial charge on any atom is -0.508 e. The number of unbranched alkanes of at least 4 members (excludes halogenated alkanes) is 1. The van der Waals surface area contributed by atoms with Crippen molar-refractivity contribution in [2.75, 3.05) is 32.1 Å². The van der Waals surface area contributed by atoms with E-state index in [0.29, 0.717) is 36.6 Å². The molecular weight excluding hydrogens is 516 g/mol. The summed E-state index contributed by atoms with van der Waals surface area (Å²) in [6.45, 7) is 1.04. The molecule has 0 saturated carbocycles. The smallest absolute Gasteiger partial charge is 0.315 e. The van der Waals surface area contributed by atoms with Crippen LogP contribution in [0, 0.1) is 0 Å². The maximum absolute atomic E-state index is 12.3. The predicted molar refractivity (Wildman–Crippen MR) is 148 cm³/mol. The fourth-order valence-electron chi connectivity index (χ4n) is 5.09. The first kappa shape index (κ1) is 27.1. The average Bonchev–Trinajstić information content (AvgIpc) is 3.66. The van der Waals surface area contributed by atoms with E-state index in [2.05, 4.69) is 26.3 Å². The number of fused-ring (bicyclic) bond motifs is 1. The van der Waals surface area contributed by atoms with Gasteiger partial charge in [0.15, 0.2) is 0 Å². The van der Waals surface area contributed by atoms with Crippen LogP contribution in [0.15, 0.2) is 48.9 Å². The number of aromatic nitrogens is 2. The fourth-order valence-corrected chi connectivity index (χ4v) is 5.09. The van der Waals surface area contributed by atoms with Crippen molar-refractivity contribution in [3.8, 4) is 34.2 Å². The molecule has 6 N–H and O–H groups in total. The molecule has 0 spiro atoms. The molecule has 12 nitrogen and oxygen atoms in total. The number of aromatic hydroxyl groups is 2. The summed E-state index contributed by atoms with van der Waals surface area (Å²) < 4.78 is 13.5. The van der Waals surface area contributed by atoms with Crippen molar-refractivity contribution >= 4 is 17.6 Å². The van der Waals surface area contributed by atoms with E-state index in [1.165, 1.54) is 6.07 Å². The normalized spacial score (nSPS) is 19.5. The van der Waals surface area contributed by atoms with Gasteiger partial charge in [-0.25, -0.2) is 9.78 Å². The van der Waals surface area contributed by atoms with Crippen molar-refractivity contribution in [1.29, 1.82) is 0 Å². The summed E-state index contributed by atoms with van der Waals surface area (Å²) in [5.74, 6) is 0.564. The lowest BCUT2D eigenvalue weighted by Gasteiger charge is -2.16. The van der Waals surface area contributed by atoms with Crippen LogP contribution in [0.1, 0.15) is 25.7 Å². The van der Waals surface area contributed by atoms with Crippen LogP contribution in [0.4, 0.5) is 10.5 Å². The zero-order valence-corrected chi connectivity index (χ0v) is 22.2. The second-order valence-electron chi connectivity index (χ2n) is 9.86. The molecule has 1 aromatic heterocycles. The SMILES string of the molecule is CNc1ccc(O)cc1-n1cnc(-c2ccc(O)cc2OCCNC(=O)CCCC[C@@H]2OC[C@@H]3NC(=O)N[C@@H]32)c1. The summed E-state index contributed by atoms with van der Waals surface area (Å²) in [7, 11) is 1.80. The molecule has 5 rings (SSSR count). The van der Waals surface area contributed by atoms with E-state index in [1.807, 2.05) is 6.20 Å². The molecule has 3 atom stereocenters. The second kappa shape index (κ2) is 12.2. The Morgan fingerprint density at radius 1 is 1.18 bits per heavy atom. The zero-order chi connectivity index (χ0) is 28.1. The van der Waals surface area contributed by atoms with E-state index in [4.69, 9.17) is 9.47 Å². The molecule has 2 aliphatic heterocycles. The Bertz CT molecular complexity index is 1360. The molecule has 12 heteroatoms. The van der Waals surface area contributed by atoms with Crippen molar-refractivity contribution in [3.05, 3.63) is 48.9 Å². The third-order valence-corrected chi connectivity index (χ3v) is 7.11. The topological polar surface area (TPSA) is 159 Å². The molecule has 3 aromatic rings. The third-order valence-electron chi connectivity index (χ3n) is 7.11. The molecule has 3 heterocycles. The van der Waals surface area contributed by atoms with E-state index in [-0.39, 0.29) is 48.2 Å². The van der Waals surface area contributed by atoms with Crippen molar-refractivity contribution in [2.45, 2.75) is 43.9 Å². The molecule has 2 fully saturated rings. The number of carbonyl (C=O) groups is 2. The van der Waals surface area contributed by atoms with Gasteiger partial charge >= 0.3 is 6.03 Å². The number of anilines is 1. The number of carbonyl (C=O) groups excluding carboxylic acids is 2. The van der Waals surface area contributed by atoms with E-state index >= 15 is 0 Å². The number of urea groups is 1. The van der Waals surface area contributed by atoms with Crippen LogP contribution in [-0.2, 0) is 9.53 Å². The maximum Gasteiger partial charge on any atom is 0.315 e. The minimum atomic E-state index is -0.145. The molecule has 0 unspecified atom stereocenters. The monoisotopic (exact) mass is 550 g/mol. The maximum atomic E-state index is 12.3. The number of phenols is 2. The van der Waals surface area contributed by atoms with Crippen LogP contribution in [0.5, 0.6) is 17.2 Å². The number of nitrogens with one attached hydrogen (secondary N) is 4. The number of ether oxygens (including phenoxy) is 2. The molecule has 2 saturated heterocycles. The van der Waals surface area contributed by atoms with Crippen molar-refractivity contribution in [2.24, 2.45) is 0 Å². The number of imidazole rings is 1. The zero-order valence-electron chi connectivity index (χ0n) is 22.2. The van der Waals surface area contributed by atoms with E-state index in [1.54, 1.807) is 48.3 Å². The fraction of sp³-hybridized carbons (Fsp3) is 0.393. The van der Waals surface area contributed by atoms with Gasteiger partial charge in [0, 0.05) is 37.4 Å². The first-order chi connectivity index (χ1) is 19.4. The number of rotatable bonds is 12. The molecule has 0 radical (unpaired) electrons. The third kappa shape index (κ3) is 6.23. The first-order valence-electron chi connectivity index (χ1n) is 13.4. The van der Waals surface area contributed by atoms with Gasteiger partial charge in [-0.05, 0) is 37.1 Å². The summed E-state index contributed by atoms with van der Waals surface area (Å²) >= 11 is 0. The lowest BCUT2D eigenvalue weighted by atomic mass is 10.0. The standard InChI is InChI=1S/C28H34N6O6/c1-29-20-9-7-17(35)12-23(20)34-14-21(31-16-34)19-8-6-18(36)13-25(19)39-11-10-30-26(37)5-3-2-4-24-27-22(15-40-24)32-28(38)33-27/h6-9,12-14,16,22,24,27,29,35-36H,2-5,10-11,15H2,1H3,(H,30,37)(H2,32,33,38)/t22-,24-,27-/m0/s1. The molecule has 0 bridgehead atoms. The highest BCUT2D eigenvalue weighted by atomic mass is 16.5. The second-order valence-corrected chi connectivity index (χ2v) is 9.86. The van der Waals surface area contributed by atoms with Crippen LogP contribution >= 0.6 is 0 Å². The van der Waals surface area contributed by atoms with Crippen LogP contribution in [0.2, 0.25) is 0 Å². The van der Waals surface area contributed by atoms with Gasteiger partial charge < -0.3 is 45.5 Å². The first-order valence-corrected chi connectivity index (χ1v) is 13.4. The van der Waals surface area contributed by atoms with Crippen LogP contribution < -0.4 is 26.0 Å². The number of hydrogen-bond donors (Lipinski definition) is 6. The quantitative estimate of drug-likeness (QED) is 0.148. The number of phenolic OH excluding ortho intramolecular Hbond substituents is 2. The molecular formula is C28H34N6O6. The Kier molecular flexibility index (Phi) is 8.25. The number of amides is 3. The predicted octanol–water partition coefficient (Wildman–Crippen LogP) is 2.50. The molecule has 2 aliphatic rings. The molecule has 212 valence electrons. The van der Waals surface area contributed by atoms with Gasteiger partial charge in [0.2, 0.25) is 5.91 Å². The summed E-state index contributed by atoms with van der Waals surface area (Å²) in [6.07, 6.45) is 6.16. The van der Waals surface area contributed by atoms with Gasteiger partial charge in [-0.1, -0.05) is 6.42 Å².